The third-order valence-corrected chi connectivity index (χ3v) is 3.96. The van der Waals surface area contributed by atoms with Crippen molar-refractivity contribution < 1.29 is 5.11 Å². The molecule has 2 aromatic heterocycles. The second kappa shape index (κ2) is 5.31. The Hall–Kier alpha value is -1.39. The van der Waals surface area contributed by atoms with Gasteiger partial charge in [0.05, 0.1) is 11.3 Å². The number of aliphatic hydroxyl groups is 1. The van der Waals surface area contributed by atoms with Crippen LogP contribution in [0.1, 0.15) is 37.8 Å². The monoisotopic (exact) mass is 259 g/mol. The zero-order chi connectivity index (χ0) is 13.1. The van der Waals surface area contributed by atoms with Crippen LogP contribution in [0.15, 0.2) is 30.6 Å². The van der Waals surface area contributed by atoms with Crippen LogP contribution in [0.2, 0.25) is 0 Å². The maximum Gasteiger partial charge on any atom is 0.137 e. The maximum absolute atomic E-state index is 10.4. The van der Waals surface area contributed by atoms with Crippen LogP contribution in [-0.4, -0.2) is 26.6 Å². The van der Waals surface area contributed by atoms with Crippen LogP contribution in [-0.2, 0) is 6.54 Å². The quantitative estimate of drug-likeness (QED) is 0.884. The molecule has 2 N–H and O–H groups in total. The van der Waals surface area contributed by atoms with Crippen molar-refractivity contribution in [3.05, 3.63) is 36.3 Å². The lowest BCUT2D eigenvalue weighted by Crippen LogP contribution is -2.41. The summed E-state index contributed by atoms with van der Waals surface area (Å²) in [6.45, 7) is 1.38. The summed E-state index contributed by atoms with van der Waals surface area (Å²) >= 11 is 0. The SMILES string of the molecule is OC1(CNCc2cn3ccccc3n2)CCCCC1. The number of nitrogens with zero attached hydrogens (tertiary/aromatic N) is 2. The molecule has 0 saturated heterocycles. The van der Waals surface area contributed by atoms with E-state index in [-0.39, 0.29) is 0 Å². The first-order valence-electron chi connectivity index (χ1n) is 7.11. The summed E-state index contributed by atoms with van der Waals surface area (Å²) in [6.07, 6.45) is 9.43. The summed E-state index contributed by atoms with van der Waals surface area (Å²) in [5.41, 5.74) is 1.48. The van der Waals surface area contributed by atoms with Gasteiger partial charge in [-0.15, -0.1) is 0 Å². The molecule has 0 bridgehead atoms. The van der Waals surface area contributed by atoms with Gasteiger partial charge >= 0.3 is 0 Å². The first-order chi connectivity index (χ1) is 9.25. The largest absolute Gasteiger partial charge is 0.389 e. The molecule has 4 heteroatoms. The van der Waals surface area contributed by atoms with E-state index in [1.165, 1.54) is 6.42 Å². The molecule has 0 amide bonds. The first-order valence-corrected chi connectivity index (χ1v) is 7.11. The van der Waals surface area contributed by atoms with Gasteiger partial charge in [0.1, 0.15) is 5.65 Å². The highest BCUT2D eigenvalue weighted by molar-refractivity contribution is 5.39. The molecule has 0 radical (unpaired) electrons. The molecule has 0 aromatic carbocycles. The molecule has 1 aliphatic rings. The van der Waals surface area contributed by atoms with Crippen LogP contribution in [0, 0.1) is 0 Å². The van der Waals surface area contributed by atoms with Crippen molar-refractivity contribution in [1.29, 1.82) is 0 Å². The zero-order valence-electron chi connectivity index (χ0n) is 11.2. The van der Waals surface area contributed by atoms with Gasteiger partial charge in [0.15, 0.2) is 0 Å². The van der Waals surface area contributed by atoms with Crippen LogP contribution >= 0.6 is 0 Å². The van der Waals surface area contributed by atoms with Crippen molar-refractivity contribution in [2.75, 3.05) is 6.54 Å². The average molecular weight is 259 g/mol. The Bertz CT molecular complexity index is 510. The minimum atomic E-state index is -0.503. The van der Waals surface area contributed by atoms with E-state index in [4.69, 9.17) is 0 Å². The molecule has 0 aliphatic heterocycles. The maximum atomic E-state index is 10.4. The number of aromatic nitrogens is 2. The summed E-state index contributed by atoms with van der Waals surface area (Å²) in [6, 6.07) is 5.99. The fraction of sp³-hybridized carbons (Fsp3) is 0.533. The highest BCUT2D eigenvalue weighted by Gasteiger charge is 2.28. The molecule has 1 saturated carbocycles. The van der Waals surface area contributed by atoms with E-state index in [0.29, 0.717) is 13.1 Å². The number of hydrogen-bond donors (Lipinski definition) is 2. The molecule has 0 spiro atoms. The van der Waals surface area contributed by atoms with Crippen molar-refractivity contribution >= 4 is 5.65 Å². The van der Waals surface area contributed by atoms with Crippen molar-refractivity contribution in [1.82, 2.24) is 14.7 Å². The molecule has 3 rings (SSSR count). The second-order valence-corrected chi connectivity index (χ2v) is 5.59. The topological polar surface area (TPSA) is 49.6 Å². The average Bonchev–Trinajstić information content (AvgIpc) is 2.82. The van der Waals surface area contributed by atoms with Gasteiger partial charge in [-0.1, -0.05) is 25.3 Å². The Morgan fingerprint density at radius 2 is 2.11 bits per heavy atom. The molecule has 2 heterocycles. The predicted octanol–water partition coefficient (Wildman–Crippen LogP) is 2.12. The Morgan fingerprint density at radius 3 is 2.89 bits per heavy atom. The predicted molar refractivity (Wildman–Crippen MR) is 74.9 cm³/mol. The fourth-order valence-electron chi connectivity index (χ4n) is 2.88. The van der Waals surface area contributed by atoms with E-state index < -0.39 is 5.60 Å². The van der Waals surface area contributed by atoms with Crippen LogP contribution < -0.4 is 5.32 Å². The van der Waals surface area contributed by atoms with Crippen molar-refractivity contribution in [2.45, 2.75) is 44.2 Å². The molecule has 4 nitrogen and oxygen atoms in total. The summed E-state index contributed by atoms with van der Waals surface area (Å²) in [5, 5.41) is 13.7. The molecule has 1 aliphatic carbocycles. The third-order valence-electron chi connectivity index (χ3n) is 3.96. The van der Waals surface area contributed by atoms with Gasteiger partial charge in [0.2, 0.25) is 0 Å². The van der Waals surface area contributed by atoms with Gasteiger partial charge in [0, 0.05) is 25.5 Å². The Morgan fingerprint density at radius 1 is 1.26 bits per heavy atom. The van der Waals surface area contributed by atoms with E-state index in [1.54, 1.807) is 0 Å². The summed E-state index contributed by atoms with van der Waals surface area (Å²) in [4.78, 5) is 4.54. The number of hydrogen-bond acceptors (Lipinski definition) is 3. The molecule has 0 atom stereocenters. The molecule has 102 valence electrons. The standard InChI is InChI=1S/C15H21N3O/c19-15(7-3-1-4-8-15)12-16-10-13-11-18-9-5-2-6-14(18)17-13/h2,5-6,9,11,16,19H,1,3-4,7-8,10,12H2. The minimum absolute atomic E-state index is 0.503. The molecule has 19 heavy (non-hydrogen) atoms. The number of rotatable bonds is 4. The van der Waals surface area contributed by atoms with E-state index >= 15 is 0 Å². The normalized spacial score (nSPS) is 18.8. The summed E-state index contributed by atoms with van der Waals surface area (Å²) < 4.78 is 2.02. The zero-order valence-corrected chi connectivity index (χ0v) is 11.2. The van der Waals surface area contributed by atoms with Gasteiger partial charge in [0.25, 0.3) is 0 Å². The number of fused-ring (bicyclic) bond motifs is 1. The minimum Gasteiger partial charge on any atom is -0.389 e. The highest BCUT2D eigenvalue weighted by Crippen LogP contribution is 2.27. The van der Waals surface area contributed by atoms with E-state index in [0.717, 1.165) is 37.0 Å². The molecule has 0 unspecified atom stereocenters. The number of imidazole rings is 1. The molecular weight excluding hydrogens is 238 g/mol. The summed E-state index contributed by atoms with van der Waals surface area (Å²) in [7, 11) is 0. The van der Waals surface area contributed by atoms with Crippen LogP contribution in [0.3, 0.4) is 0 Å². The van der Waals surface area contributed by atoms with Crippen molar-refractivity contribution in [3.8, 4) is 0 Å². The van der Waals surface area contributed by atoms with Gasteiger partial charge in [-0.3, -0.25) is 0 Å². The van der Waals surface area contributed by atoms with E-state index in [2.05, 4.69) is 10.3 Å². The number of pyridine rings is 1. The Balaban J connectivity index is 1.57. The van der Waals surface area contributed by atoms with Crippen molar-refractivity contribution in [2.24, 2.45) is 0 Å². The smallest absolute Gasteiger partial charge is 0.137 e. The lowest BCUT2D eigenvalue weighted by atomic mass is 9.85. The summed E-state index contributed by atoms with van der Waals surface area (Å²) in [5.74, 6) is 0. The van der Waals surface area contributed by atoms with Gasteiger partial charge < -0.3 is 14.8 Å². The van der Waals surface area contributed by atoms with Gasteiger partial charge in [-0.2, -0.15) is 0 Å². The molecule has 2 aromatic rings. The second-order valence-electron chi connectivity index (χ2n) is 5.59. The van der Waals surface area contributed by atoms with Gasteiger partial charge in [-0.05, 0) is 25.0 Å². The van der Waals surface area contributed by atoms with Crippen LogP contribution in [0.5, 0.6) is 0 Å². The highest BCUT2D eigenvalue weighted by atomic mass is 16.3. The number of nitrogens with one attached hydrogen (secondary N) is 1. The molecular formula is C15H21N3O. The van der Waals surface area contributed by atoms with Crippen LogP contribution in [0.4, 0.5) is 0 Å². The fourth-order valence-corrected chi connectivity index (χ4v) is 2.88. The molecule has 1 fully saturated rings. The Labute approximate surface area is 113 Å². The van der Waals surface area contributed by atoms with E-state index in [9.17, 15) is 5.11 Å². The van der Waals surface area contributed by atoms with E-state index in [1.807, 2.05) is 35.0 Å². The first kappa shape index (κ1) is 12.6. The lowest BCUT2D eigenvalue weighted by Gasteiger charge is -2.32. The van der Waals surface area contributed by atoms with Gasteiger partial charge in [-0.25, -0.2) is 4.98 Å². The third kappa shape index (κ3) is 2.96. The van der Waals surface area contributed by atoms with Crippen molar-refractivity contribution in [3.63, 3.8) is 0 Å². The lowest BCUT2D eigenvalue weighted by molar-refractivity contribution is 0.00463. The van der Waals surface area contributed by atoms with Crippen LogP contribution in [0.25, 0.3) is 5.65 Å². The Kier molecular flexibility index (Phi) is 3.53.